The first-order chi connectivity index (χ1) is 11.2. The zero-order valence-electron chi connectivity index (χ0n) is 12.4. The van der Waals surface area contributed by atoms with Gasteiger partial charge in [0.25, 0.3) is 0 Å². The van der Waals surface area contributed by atoms with Crippen LogP contribution in [0.5, 0.6) is 0 Å². The second-order valence-electron chi connectivity index (χ2n) is 5.45. The van der Waals surface area contributed by atoms with Gasteiger partial charge in [-0.1, -0.05) is 23.9 Å². The quantitative estimate of drug-likeness (QED) is 0.749. The summed E-state index contributed by atoms with van der Waals surface area (Å²) in [5.41, 5.74) is 3.12. The minimum atomic E-state index is -0.951. The Morgan fingerprint density at radius 2 is 2.39 bits per heavy atom. The van der Waals surface area contributed by atoms with Gasteiger partial charge >= 0.3 is 0 Å². The van der Waals surface area contributed by atoms with Crippen LogP contribution >= 0.6 is 11.8 Å². The highest BCUT2D eigenvalue weighted by Gasteiger charge is 2.30. The first-order valence-electron chi connectivity index (χ1n) is 7.26. The lowest BCUT2D eigenvalue weighted by Gasteiger charge is -2.06. The zero-order valence-corrected chi connectivity index (χ0v) is 13.2. The molecule has 4 rings (SSSR count). The fraction of sp³-hybridized carbons (Fsp3) is 0.250. The summed E-state index contributed by atoms with van der Waals surface area (Å²) in [5, 5.41) is 10.4. The van der Waals surface area contributed by atoms with Gasteiger partial charge in [-0.05, 0) is 18.6 Å². The van der Waals surface area contributed by atoms with E-state index >= 15 is 0 Å². The maximum atomic E-state index is 12.8. The maximum Gasteiger partial charge on any atom is 0.205 e. The van der Waals surface area contributed by atoms with Crippen molar-refractivity contribution in [1.82, 2.24) is 19.5 Å². The van der Waals surface area contributed by atoms with Gasteiger partial charge in [-0.2, -0.15) is 5.26 Å². The van der Waals surface area contributed by atoms with Crippen molar-refractivity contribution in [3.05, 3.63) is 41.5 Å². The number of para-hydroxylation sites is 1. The molecule has 0 saturated carbocycles. The number of fused-ring (bicyclic) bond motifs is 2. The van der Waals surface area contributed by atoms with Crippen LogP contribution in [-0.4, -0.2) is 31.1 Å². The molecule has 1 aliphatic rings. The summed E-state index contributed by atoms with van der Waals surface area (Å²) in [7, 11) is 0. The van der Waals surface area contributed by atoms with Crippen molar-refractivity contribution in [2.75, 3.05) is 5.75 Å². The van der Waals surface area contributed by atoms with Crippen LogP contribution in [-0.2, 0) is 6.54 Å². The zero-order chi connectivity index (χ0) is 16.0. The number of H-pyrrole nitrogens is 1. The lowest BCUT2D eigenvalue weighted by molar-refractivity contribution is 0.0967. The first-order valence-corrected chi connectivity index (χ1v) is 8.25. The molecule has 1 aliphatic heterocycles. The molecule has 7 heteroatoms. The van der Waals surface area contributed by atoms with Gasteiger partial charge in [0.2, 0.25) is 5.78 Å². The van der Waals surface area contributed by atoms with Gasteiger partial charge in [0.15, 0.2) is 11.1 Å². The number of carbonyl (C=O) groups is 1. The molecule has 0 amide bonds. The number of aromatic amines is 1. The number of nitriles is 1. The van der Waals surface area contributed by atoms with E-state index in [0.29, 0.717) is 11.5 Å². The first kappa shape index (κ1) is 14.0. The average Bonchev–Trinajstić information content (AvgIpc) is 3.22. The molecule has 3 aromatic rings. The van der Waals surface area contributed by atoms with E-state index < -0.39 is 5.92 Å². The Hall–Kier alpha value is -2.59. The number of nitrogens with zero attached hydrogens (tertiary/aromatic N) is 4. The van der Waals surface area contributed by atoms with Crippen molar-refractivity contribution in [2.45, 2.75) is 24.5 Å². The number of hydrogen-bond acceptors (Lipinski definition) is 5. The van der Waals surface area contributed by atoms with E-state index in [0.717, 1.165) is 34.1 Å². The predicted molar refractivity (Wildman–Crippen MR) is 86.5 cm³/mol. The second-order valence-corrected chi connectivity index (χ2v) is 6.51. The summed E-state index contributed by atoms with van der Waals surface area (Å²) >= 11 is 1.62. The molecule has 114 valence electrons. The van der Waals surface area contributed by atoms with Crippen LogP contribution in [0.4, 0.5) is 0 Å². The highest BCUT2D eigenvalue weighted by atomic mass is 32.2. The van der Waals surface area contributed by atoms with Crippen LogP contribution in [0.15, 0.2) is 29.6 Å². The summed E-state index contributed by atoms with van der Waals surface area (Å²) in [4.78, 5) is 24.6. The van der Waals surface area contributed by atoms with E-state index in [1.807, 2.05) is 29.7 Å². The minimum absolute atomic E-state index is 0.259. The molecule has 0 bridgehead atoms. The van der Waals surface area contributed by atoms with Crippen LogP contribution in [0.25, 0.3) is 11.0 Å². The number of imidazole rings is 2. The summed E-state index contributed by atoms with van der Waals surface area (Å²) in [6.45, 7) is 2.70. The van der Waals surface area contributed by atoms with Gasteiger partial charge < -0.3 is 9.55 Å². The summed E-state index contributed by atoms with van der Waals surface area (Å²) in [6.07, 6.45) is 1.56. The van der Waals surface area contributed by atoms with E-state index in [1.54, 1.807) is 18.0 Å². The molecule has 1 atom stereocenters. The van der Waals surface area contributed by atoms with Crippen LogP contribution in [0.2, 0.25) is 0 Å². The van der Waals surface area contributed by atoms with Gasteiger partial charge in [-0.3, -0.25) is 4.79 Å². The van der Waals surface area contributed by atoms with E-state index in [-0.39, 0.29) is 5.78 Å². The van der Waals surface area contributed by atoms with E-state index in [2.05, 4.69) is 21.0 Å². The number of ketones is 1. The molecule has 0 fully saturated rings. The lowest BCUT2D eigenvalue weighted by Crippen LogP contribution is -2.16. The van der Waals surface area contributed by atoms with Gasteiger partial charge in [0.1, 0.15) is 11.5 Å². The molecule has 1 N–H and O–H groups in total. The Morgan fingerprint density at radius 3 is 3.17 bits per heavy atom. The lowest BCUT2D eigenvalue weighted by atomic mass is 10.0. The topological polar surface area (TPSA) is 87.4 Å². The number of benzene rings is 1. The monoisotopic (exact) mass is 323 g/mol. The molecule has 3 heterocycles. The number of hydrogen-bond donors (Lipinski definition) is 1. The number of aryl methyl sites for hydroxylation is 1. The number of rotatable bonds is 3. The standard InChI is InChI=1S/C16H13N5OS/c1-9-3-2-4-11-13(9)20-15(19-11)10(7-17)14(22)12-8-18-16-21(12)5-6-23-16/h2-4,8,10H,5-6H2,1H3,(H,19,20). The second kappa shape index (κ2) is 5.25. The highest BCUT2D eigenvalue weighted by Crippen LogP contribution is 2.29. The average molecular weight is 323 g/mol. The molecule has 6 nitrogen and oxygen atoms in total. The van der Waals surface area contributed by atoms with Crippen LogP contribution < -0.4 is 0 Å². The largest absolute Gasteiger partial charge is 0.340 e. The SMILES string of the molecule is Cc1cccc2[nH]c(C(C#N)C(=O)c3cnc4n3CCS4)nc12. The van der Waals surface area contributed by atoms with Crippen molar-refractivity contribution in [1.29, 1.82) is 5.26 Å². The van der Waals surface area contributed by atoms with Crippen molar-refractivity contribution in [3.63, 3.8) is 0 Å². The van der Waals surface area contributed by atoms with Crippen molar-refractivity contribution in [2.24, 2.45) is 0 Å². The van der Waals surface area contributed by atoms with E-state index in [9.17, 15) is 10.1 Å². The van der Waals surface area contributed by atoms with Crippen LogP contribution in [0.3, 0.4) is 0 Å². The number of aromatic nitrogens is 4. The number of Topliss-reactive ketones (excluding diaryl/α,β-unsaturated/α-hetero) is 1. The third-order valence-electron chi connectivity index (χ3n) is 4.01. The predicted octanol–water partition coefficient (Wildman–Crippen LogP) is 2.66. The molecule has 2 aromatic heterocycles. The van der Waals surface area contributed by atoms with Gasteiger partial charge in [-0.25, -0.2) is 9.97 Å². The molecule has 0 radical (unpaired) electrons. The van der Waals surface area contributed by atoms with Gasteiger partial charge in [0.05, 0.1) is 23.3 Å². The third kappa shape index (κ3) is 2.14. The number of carbonyl (C=O) groups excluding carboxylic acids is 1. The van der Waals surface area contributed by atoms with Gasteiger partial charge in [0, 0.05) is 12.3 Å². The van der Waals surface area contributed by atoms with Gasteiger partial charge in [-0.15, -0.1) is 0 Å². The minimum Gasteiger partial charge on any atom is -0.340 e. The highest BCUT2D eigenvalue weighted by molar-refractivity contribution is 7.99. The van der Waals surface area contributed by atoms with E-state index in [1.165, 1.54) is 0 Å². The molecule has 1 unspecified atom stereocenters. The Morgan fingerprint density at radius 1 is 1.52 bits per heavy atom. The third-order valence-corrected chi connectivity index (χ3v) is 4.99. The van der Waals surface area contributed by atoms with E-state index in [4.69, 9.17) is 0 Å². The molecular formula is C16H13N5OS. The number of thioether (sulfide) groups is 1. The van der Waals surface area contributed by atoms with Crippen molar-refractivity contribution >= 4 is 28.6 Å². The molecular weight excluding hydrogens is 310 g/mol. The smallest absolute Gasteiger partial charge is 0.205 e. The fourth-order valence-electron chi connectivity index (χ4n) is 2.84. The molecule has 1 aromatic carbocycles. The van der Waals surface area contributed by atoms with Crippen LogP contribution in [0, 0.1) is 18.3 Å². The summed E-state index contributed by atoms with van der Waals surface area (Å²) in [6, 6.07) is 7.86. The molecule has 0 saturated heterocycles. The molecule has 23 heavy (non-hydrogen) atoms. The Kier molecular flexibility index (Phi) is 3.20. The Balaban J connectivity index is 1.76. The fourth-order valence-corrected chi connectivity index (χ4v) is 3.77. The Labute approximate surface area is 136 Å². The van der Waals surface area contributed by atoms with Crippen molar-refractivity contribution < 1.29 is 4.79 Å². The number of nitrogens with one attached hydrogen (secondary N) is 1. The normalized spacial score (nSPS) is 14.6. The Bertz CT molecular complexity index is 965. The summed E-state index contributed by atoms with van der Waals surface area (Å²) < 4.78 is 1.88. The van der Waals surface area contributed by atoms with Crippen molar-refractivity contribution in [3.8, 4) is 6.07 Å². The molecule has 0 aliphatic carbocycles. The molecule has 0 spiro atoms. The maximum absolute atomic E-state index is 12.8. The summed E-state index contributed by atoms with van der Waals surface area (Å²) in [5.74, 6) is 0.0893. The van der Waals surface area contributed by atoms with Crippen LogP contribution in [0.1, 0.15) is 27.8 Å².